The number of hydrogen-bond donors (Lipinski definition) is 4. The summed E-state index contributed by atoms with van der Waals surface area (Å²) in [7, 11) is 0. The van der Waals surface area contributed by atoms with Gasteiger partial charge in [0.25, 0.3) is 0 Å². The third-order valence-corrected chi connectivity index (χ3v) is 2.15. The molecule has 0 bridgehead atoms. The lowest BCUT2D eigenvalue weighted by Crippen LogP contribution is -2.47. The maximum Gasteiger partial charge on any atom is 0.239 e. The van der Waals surface area contributed by atoms with Gasteiger partial charge in [0, 0.05) is 0 Å². The fraction of sp³-hybridized carbons (Fsp3) is 0.750. The van der Waals surface area contributed by atoms with Crippen molar-refractivity contribution in [3.05, 3.63) is 0 Å². The van der Waals surface area contributed by atoms with Crippen LogP contribution in [0.5, 0.6) is 0 Å². The standard InChI is InChI=1S/C8H15N3O3/c1-2-5(4-12)9-8(14)6-3-7(13)11-10-6/h5-6,10,12H,2-4H2,1H3,(H,9,14)(H,11,13). The SMILES string of the molecule is CCC(CO)NC(=O)C1CC(=O)NN1. The van der Waals surface area contributed by atoms with Gasteiger partial charge < -0.3 is 10.4 Å². The van der Waals surface area contributed by atoms with Crippen LogP contribution in [0.4, 0.5) is 0 Å². The molecule has 0 aromatic rings. The first-order chi connectivity index (χ1) is 6.67. The monoisotopic (exact) mass is 201 g/mol. The molecule has 2 unspecified atom stereocenters. The van der Waals surface area contributed by atoms with Gasteiger partial charge in [-0.2, -0.15) is 0 Å². The molecule has 4 N–H and O–H groups in total. The molecule has 0 spiro atoms. The molecule has 6 heteroatoms. The number of aliphatic hydroxyl groups excluding tert-OH is 1. The summed E-state index contributed by atoms with van der Waals surface area (Å²) in [5, 5.41) is 11.5. The molecular formula is C8H15N3O3. The number of carbonyl (C=O) groups is 2. The molecule has 0 saturated carbocycles. The second-order valence-corrected chi connectivity index (χ2v) is 3.25. The molecule has 0 aromatic heterocycles. The minimum atomic E-state index is -0.525. The van der Waals surface area contributed by atoms with Crippen LogP contribution < -0.4 is 16.2 Å². The molecule has 1 rings (SSSR count). The summed E-state index contributed by atoms with van der Waals surface area (Å²) in [6.45, 7) is 1.78. The maximum atomic E-state index is 11.4. The van der Waals surface area contributed by atoms with Crippen molar-refractivity contribution in [1.82, 2.24) is 16.2 Å². The van der Waals surface area contributed by atoms with Crippen LogP contribution in [-0.2, 0) is 9.59 Å². The molecule has 0 aliphatic carbocycles. The van der Waals surface area contributed by atoms with E-state index in [1.807, 2.05) is 6.92 Å². The minimum absolute atomic E-state index is 0.0870. The Morgan fingerprint density at radius 1 is 1.79 bits per heavy atom. The van der Waals surface area contributed by atoms with Crippen molar-refractivity contribution in [2.24, 2.45) is 0 Å². The van der Waals surface area contributed by atoms with Crippen molar-refractivity contribution in [2.75, 3.05) is 6.61 Å². The Morgan fingerprint density at radius 3 is 2.93 bits per heavy atom. The van der Waals surface area contributed by atoms with Crippen LogP contribution in [0.15, 0.2) is 0 Å². The van der Waals surface area contributed by atoms with E-state index in [4.69, 9.17) is 5.11 Å². The van der Waals surface area contributed by atoms with Gasteiger partial charge in [0.15, 0.2) is 0 Å². The fourth-order valence-electron chi connectivity index (χ4n) is 1.19. The van der Waals surface area contributed by atoms with E-state index >= 15 is 0 Å². The van der Waals surface area contributed by atoms with Crippen LogP contribution in [0.2, 0.25) is 0 Å². The van der Waals surface area contributed by atoms with Crippen molar-refractivity contribution in [3.63, 3.8) is 0 Å². The van der Waals surface area contributed by atoms with Crippen molar-refractivity contribution in [2.45, 2.75) is 31.8 Å². The Balaban J connectivity index is 2.38. The number of hydrogen-bond acceptors (Lipinski definition) is 4. The predicted octanol–water partition coefficient (Wildman–Crippen LogP) is -1.73. The number of nitrogens with one attached hydrogen (secondary N) is 3. The van der Waals surface area contributed by atoms with E-state index in [0.29, 0.717) is 6.42 Å². The Hall–Kier alpha value is -1.14. The Labute approximate surface area is 82.0 Å². The quantitative estimate of drug-likeness (QED) is 0.435. The van der Waals surface area contributed by atoms with Crippen LogP contribution in [0.1, 0.15) is 19.8 Å². The third kappa shape index (κ3) is 2.68. The summed E-state index contributed by atoms with van der Waals surface area (Å²) in [6.07, 6.45) is 0.810. The molecular weight excluding hydrogens is 186 g/mol. The third-order valence-electron chi connectivity index (χ3n) is 2.15. The Bertz CT molecular complexity index is 228. The first-order valence-electron chi connectivity index (χ1n) is 4.63. The summed E-state index contributed by atoms with van der Waals surface area (Å²) >= 11 is 0. The topological polar surface area (TPSA) is 90.5 Å². The van der Waals surface area contributed by atoms with Crippen LogP contribution in [-0.4, -0.2) is 35.6 Å². The van der Waals surface area contributed by atoms with Gasteiger partial charge in [0.1, 0.15) is 6.04 Å². The smallest absolute Gasteiger partial charge is 0.239 e. The van der Waals surface area contributed by atoms with Gasteiger partial charge in [0.2, 0.25) is 11.8 Å². The maximum absolute atomic E-state index is 11.4. The highest BCUT2D eigenvalue weighted by Crippen LogP contribution is 1.99. The lowest BCUT2D eigenvalue weighted by molar-refractivity contribution is -0.125. The lowest BCUT2D eigenvalue weighted by atomic mass is 10.2. The van der Waals surface area contributed by atoms with Crippen LogP contribution in [0.25, 0.3) is 0 Å². The first kappa shape index (κ1) is 10.9. The van der Waals surface area contributed by atoms with Gasteiger partial charge in [-0.3, -0.25) is 15.0 Å². The van der Waals surface area contributed by atoms with E-state index in [0.717, 1.165) is 0 Å². The second kappa shape index (κ2) is 4.92. The molecule has 14 heavy (non-hydrogen) atoms. The van der Waals surface area contributed by atoms with Gasteiger partial charge in [-0.1, -0.05) is 6.92 Å². The zero-order chi connectivity index (χ0) is 10.6. The minimum Gasteiger partial charge on any atom is -0.394 e. The molecule has 2 atom stereocenters. The number of aliphatic hydroxyl groups is 1. The molecule has 1 saturated heterocycles. The molecule has 80 valence electrons. The van der Waals surface area contributed by atoms with Crippen molar-refractivity contribution in [3.8, 4) is 0 Å². The van der Waals surface area contributed by atoms with E-state index in [1.54, 1.807) is 0 Å². The molecule has 1 aliphatic rings. The number of amides is 2. The molecule has 1 fully saturated rings. The van der Waals surface area contributed by atoms with E-state index in [2.05, 4.69) is 16.2 Å². The highest BCUT2D eigenvalue weighted by atomic mass is 16.3. The van der Waals surface area contributed by atoms with Gasteiger partial charge in [-0.25, -0.2) is 5.43 Å². The summed E-state index contributed by atoms with van der Waals surface area (Å²) in [4.78, 5) is 22.2. The van der Waals surface area contributed by atoms with E-state index in [-0.39, 0.29) is 30.9 Å². The number of hydrazine groups is 1. The van der Waals surface area contributed by atoms with Crippen LogP contribution >= 0.6 is 0 Å². The predicted molar refractivity (Wildman–Crippen MR) is 49.0 cm³/mol. The average Bonchev–Trinajstić information content (AvgIpc) is 2.61. The van der Waals surface area contributed by atoms with E-state index < -0.39 is 6.04 Å². The summed E-state index contributed by atoms with van der Waals surface area (Å²) in [5.74, 6) is -0.452. The highest BCUT2D eigenvalue weighted by Gasteiger charge is 2.28. The van der Waals surface area contributed by atoms with Gasteiger partial charge in [-0.05, 0) is 6.42 Å². The first-order valence-corrected chi connectivity index (χ1v) is 4.63. The van der Waals surface area contributed by atoms with Gasteiger partial charge in [0.05, 0.1) is 19.1 Å². The molecule has 1 heterocycles. The molecule has 0 aromatic carbocycles. The molecule has 1 aliphatic heterocycles. The normalized spacial score (nSPS) is 23.0. The van der Waals surface area contributed by atoms with Crippen LogP contribution in [0.3, 0.4) is 0 Å². The number of rotatable bonds is 4. The highest BCUT2D eigenvalue weighted by molar-refractivity contribution is 5.90. The van der Waals surface area contributed by atoms with E-state index in [1.165, 1.54) is 0 Å². The molecule has 2 amide bonds. The van der Waals surface area contributed by atoms with Gasteiger partial charge in [-0.15, -0.1) is 0 Å². The zero-order valence-electron chi connectivity index (χ0n) is 8.04. The van der Waals surface area contributed by atoms with Gasteiger partial charge >= 0.3 is 0 Å². The summed E-state index contributed by atoms with van der Waals surface area (Å²) in [6, 6.07) is -0.761. The summed E-state index contributed by atoms with van der Waals surface area (Å²) < 4.78 is 0. The Morgan fingerprint density at radius 2 is 2.50 bits per heavy atom. The Kier molecular flexibility index (Phi) is 3.84. The lowest BCUT2D eigenvalue weighted by Gasteiger charge is -2.16. The summed E-state index contributed by atoms with van der Waals surface area (Å²) in [5.41, 5.74) is 4.91. The van der Waals surface area contributed by atoms with Crippen molar-refractivity contribution >= 4 is 11.8 Å². The molecule has 0 radical (unpaired) electrons. The average molecular weight is 201 g/mol. The van der Waals surface area contributed by atoms with Crippen molar-refractivity contribution in [1.29, 1.82) is 0 Å². The largest absolute Gasteiger partial charge is 0.394 e. The van der Waals surface area contributed by atoms with E-state index in [9.17, 15) is 9.59 Å². The zero-order valence-corrected chi connectivity index (χ0v) is 8.04. The van der Waals surface area contributed by atoms with Crippen molar-refractivity contribution < 1.29 is 14.7 Å². The van der Waals surface area contributed by atoms with Crippen LogP contribution in [0, 0.1) is 0 Å². The molecule has 6 nitrogen and oxygen atoms in total. The second-order valence-electron chi connectivity index (χ2n) is 3.25. The fourth-order valence-corrected chi connectivity index (χ4v) is 1.19. The number of carbonyl (C=O) groups excluding carboxylic acids is 2.